The molecule has 0 aromatic heterocycles. The van der Waals surface area contributed by atoms with Gasteiger partial charge < -0.3 is 38.5 Å². The van der Waals surface area contributed by atoms with Crippen molar-refractivity contribution < 1.29 is 33.2 Å². The second kappa shape index (κ2) is 21.4. The van der Waals surface area contributed by atoms with Crippen LogP contribution in [0.25, 0.3) is 0 Å². The van der Waals surface area contributed by atoms with Gasteiger partial charge in [0.2, 0.25) is 0 Å². The molecule has 0 atom stereocenters. The van der Waals surface area contributed by atoms with Gasteiger partial charge in [-0.3, -0.25) is 0 Å². The molecule has 8 heteroatoms. The Hall–Kier alpha value is -1.26. The maximum absolute atomic E-state index is 5.53. The predicted octanol–water partition coefficient (Wildman–Crippen LogP) is 1.38. The van der Waals surface area contributed by atoms with Crippen LogP contribution in [0.4, 0.5) is 0 Å². The van der Waals surface area contributed by atoms with Crippen LogP contribution in [0.3, 0.4) is 0 Å². The Bertz CT molecular complexity index is 436. The average Bonchev–Trinajstić information content (AvgIpc) is 2.75. The molecule has 8 nitrogen and oxygen atoms in total. The number of hydrogen-bond donors (Lipinski definition) is 1. The predicted molar refractivity (Wildman–Crippen MR) is 111 cm³/mol. The van der Waals surface area contributed by atoms with Crippen LogP contribution in [0.2, 0.25) is 0 Å². The quantitative estimate of drug-likeness (QED) is 0.285. The van der Waals surface area contributed by atoms with Crippen molar-refractivity contribution in [3.63, 3.8) is 0 Å². The Morgan fingerprint density at radius 3 is 1.31 bits per heavy atom. The van der Waals surface area contributed by atoms with Gasteiger partial charge in [0.05, 0.1) is 79.3 Å². The van der Waals surface area contributed by atoms with Crippen molar-refractivity contribution in [2.45, 2.75) is 0 Å². The third-order valence-electron chi connectivity index (χ3n) is 3.60. The minimum Gasteiger partial charge on any atom is -0.491 e. The number of nitrogens with one attached hydrogen (secondary N) is 1. The van der Waals surface area contributed by atoms with Crippen LogP contribution in [0, 0.1) is 0 Å². The van der Waals surface area contributed by atoms with Crippen LogP contribution in [0.15, 0.2) is 30.3 Å². The second-order valence-corrected chi connectivity index (χ2v) is 5.94. The van der Waals surface area contributed by atoms with E-state index >= 15 is 0 Å². The minimum absolute atomic E-state index is 0.530. The Kier molecular flexibility index (Phi) is 19.1. The summed E-state index contributed by atoms with van der Waals surface area (Å²) in [5.41, 5.74) is 0. The van der Waals surface area contributed by atoms with E-state index in [4.69, 9.17) is 33.2 Å². The number of likely N-dealkylation sites (N-methyl/N-ethyl adjacent to an activating group) is 1. The second-order valence-electron chi connectivity index (χ2n) is 5.94. The summed E-state index contributed by atoms with van der Waals surface area (Å²) in [5.74, 6) is 0.853. The number of para-hydroxylation sites is 1. The molecule has 0 aliphatic rings. The van der Waals surface area contributed by atoms with Crippen LogP contribution < -0.4 is 10.1 Å². The summed E-state index contributed by atoms with van der Waals surface area (Å²) < 4.78 is 38.0. The Morgan fingerprint density at radius 2 is 0.897 bits per heavy atom. The Labute approximate surface area is 174 Å². The van der Waals surface area contributed by atoms with Crippen LogP contribution >= 0.6 is 0 Å². The molecule has 0 amide bonds. The normalized spacial score (nSPS) is 11.1. The highest BCUT2D eigenvalue weighted by Gasteiger charge is 1.95. The molecule has 0 saturated carbocycles. The maximum atomic E-state index is 5.53. The van der Waals surface area contributed by atoms with Gasteiger partial charge in [0, 0.05) is 6.54 Å². The first-order chi connectivity index (χ1) is 14.4. The van der Waals surface area contributed by atoms with Crippen LogP contribution in [0.5, 0.6) is 5.75 Å². The number of hydrogen-bond acceptors (Lipinski definition) is 8. The molecule has 0 aliphatic heterocycles. The molecule has 1 aromatic rings. The van der Waals surface area contributed by atoms with Gasteiger partial charge in [-0.2, -0.15) is 0 Å². The van der Waals surface area contributed by atoms with Gasteiger partial charge in [-0.1, -0.05) is 18.2 Å². The van der Waals surface area contributed by atoms with E-state index in [0.717, 1.165) is 12.3 Å². The summed E-state index contributed by atoms with van der Waals surface area (Å²) in [7, 11) is 1.90. The van der Waals surface area contributed by atoms with E-state index in [2.05, 4.69) is 5.32 Å². The van der Waals surface area contributed by atoms with Crippen LogP contribution in [-0.4, -0.2) is 99.5 Å². The first-order valence-electron chi connectivity index (χ1n) is 10.2. The Balaban J connectivity index is 1.66. The summed E-state index contributed by atoms with van der Waals surface area (Å²) in [6, 6.07) is 9.69. The molecular formula is C21H37NO7. The average molecular weight is 416 g/mol. The first kappa shape index (κ1) is 25.8. The molecular weight excluding hydrogens is 378 g/mol. The molecule has 168 valence electrons. The van der Waals surface area contributed by atoms with E-state index in [0.29, 0.717) is 85.9 Å². The molecule has 0 saturated heterocycles. The molecule has 0 aliphatic carbocycles. The number of benzene rings is 1. The highest BCUT2D eigenvalue weighted by Crippen LogP contribution is 2.07. The fourth-order valence-electron chi connectivity index (χ4n) is 2.11. The third kappa shape index (κ3) is 18.5. The van der Waals surface area contributed by atoms with E-state index in [1.807, 2.05) is 37.4 Å². The third-order valence-corrected chi connectivity index (χ3v) is 3.60. The van der Waals surface area contributed by atoms with Crippen LogP contribution in [-0.2, 0) is 28.4 Å². The van der Waals surface area contributed by atoms with Crippen molar-refractivity contribution in [3.05, 3.63) is 30.3 Å². The van der Waals surface area contributed by atoms with Crippen molar-refractivity contribution in [3.8, 4) is 5.75 Å². The maximum Gasteiger partial charge on any atom is 0.119 e. The monoisotopic (exact) mass is 415 g/mol. The Morgan fingerprint density at radius 1 is 0.517 bits per heavy atom. The van der Waals surface area contributed by atoms with Crippen molar-refractivity contribution in [1.82, 2.24) is 5.32 Å². The highest BCUT2D eigenvalue weighted by molar-refractivity contribution is 5.20. The molecule has 29 heavy (non-hydrogen) atoms. The summed E-state index contributed by atoms with van der Waals surface area (Å²) in [6.07, 6.45) is 0. The zero-order chi connectivity index (χ0) is 20.7. The zero-order valence-electron chi connectivity index (χ0n) is 17.6. The largest absolute Gasteiger partial charge is 0.491 e. The van der Waals surface area contributed by atoms with Crippen molar-refractivity contribution in [1.29, 1.82) is 0 Å². The molecule has 0 heterocycles. The standard InChI is InChI=1S/C21H37NO7/c1-22-7-8-23-9-10-24-11-12-25-13-14-26-15-16-27-17-18-28-19-20-29-21-5-3-2-4-6-21/h2-6,22H,7-20H2,1H3. The van der Waals surface area contributed by atoms with Crippen LogP contribution in [0.1, 0.15) is 0 Å². The smallest absolute Gasteiger partial charge is 0.119 e. The van der Waals surface area contributed by atoms with E-state index < -0.39 is 0 Å². The van der Waals surface area contributed by atoms with Gasteiger partial charge in [-0.05, 0) is 19.2 Å². The summed E-state index contributed by atoms with van der Waals surface area (Å²) in [4.78, 5) is 0. The van der Waals surface area contributed by atoms with E-state index in [9.17, 15) is 0 Å². The molecule has 0 fully saturated rings. The lowest BCUT2D eigenvalue weighted by molar-refractivity contribution is -0.0176. The van der Waals surface area contributed by atoms with E-state index in [-0.39, 0.29) is 0 Å². The fraction of sp³-hybridized carbons (Fsp3) is 0.714. The molecule has 1 aromatic carbocycles. The van der Waals surface area contributed by atoms with E-state index in [1.54, 1.807) is 0 Å². The molecule has 0 spiro atoms. The molecule has 0 unspecified atom stereocenters. The lowest BCUT2D eigenvalue weighted by atomic mass is 10.3. The van der Waals surface area contributed by atoms with Crippen molar-refractivity contribution >= 4 is 0 Å². The van der Waals surface area contributed by atoms with Crippen molar-refractivity contribution in [2.24, 2.45) is 0 Å². The lowest BCUT2D eigenvalue weighted by Crippen LogP contribution is -2.17. The lowest BCUT2D eigenvalue weighted by Gasteiger charge is -2.09. The number of rotatable bonds is 22. The molecule has 0 radical (unpaired) electrons. The number of ether oxygens (including phenoxy) is 7. The minimum atomic E-state index is 0.530. The van der Waals surface area contributed by atoms with Gasteiger partial charge >= 0.3 is 0 Å². The summed E-state index contributed by atoms with van der Waals surface area (Å²) >= 11 is 0. The topological polar surface area (TPSA) is 76.6 Å². The summed E-state index contributed by atoms with van der Waals surface area (Å²) in [6.45, 7) is 8.21. The van der Waals surface area contributed by atoms with Crippen molar-refractivity contribution in [2.75, 3.05) is 99.5 Å². The zero-order valence-corrected chi connectivity index (χ0v) is 17.6. The first-order valence-corrected chi connectivity index (χ1v) is 10.2. The molecule has 0 bridgehead atoms. The van der Waals surface area contributed by atoms with E-state index in [1.165, 1.54) is 0 Å². The highest BCUT2D eigenvalue weighted by atomic mass is 16.6. The van der Waals surface area contributed by atoms with Gasteiger partial charge in [0.15, 0.2) is 0 Å². The van der Waals surface area contributed by atoms with Gasteiger partial charge in [0.1, 0.15) is 12.4 Å². The molecule has 1 rings (SSSR count). The summed E-state index contributed by atoms with van der Waals surface area (Å²) in [5, 5.41) is 3.02. The van der Waals surface area contributed by atoms with Gasteiger partial charge in [-0.15, -0.1) is 0 Å². The SMILES string of the molecule is CNCCOCCOCCOCCOCCOCCOCCOc1ccccc1. The fourth-order valence-corrected chi connectivity index (χ4v) is 2.11. The van der Waals surface area contributed by atoms with Gasteiger partial charge in [-0.25, -0.2) is 0 Å². The molecule has 1 N–H and O–H groups in total. The van der Waals surface area contributed by atoms with Gasteiger partial charge in [0.25, 0.3) is 0 Å².